The minimum atomic E-state index is -1.22. The van der Waals surface area contributed by atoms with Crippen molar-refractivity contribution in [2.45, 2.75) is 84.7 Å². The number of Topliss-reactive ketones (excluding diaryl/α,β-unsaturated/α-hetero) is 3. The number of rotatable bonds is 19. The van der Waals surface area contributed by atoms with E-state index in [4.69, 9.17) is 31.7 Å². The van der Waals surface area contributed by atoms with E-state index in [2.05, 4.69) is 31.3 Å². The minimum absolute atomic E-state index is 0.0261. The molecule has 1 aliphatic rings. The van der Waals surface area contributed by atoms with Crippen molar-refractivity contribution < 1.29 is 33.4 Å². The normalized spacial score (nSPS) is 16.9. The van der Waals surface area contributed by atoms with Crippen molar-refractivity contribution >= 4 is 40.5 Å². The highest BCUT2D eigenvalue weighted by Crippen LogP contribution is 2.41. The van der Waals surface area contributed by atoms with E-state index in [-0.39, 0.29) is 82.9 Å². The third-order valence-corrected chi connectivity index (χ3v) is 12.5. The Morgan fingerprint density at radius 3 is 2.22 bits per heavy atom. The molecule has 14 nitrogen and oxygen atoms in total. The molecule has 0 fully saturated rings. The van der Waals surface area contributed by atoms with E-state index >= 15 is 0 Å². The Kier molecular flexibility index (Phi) is 17.9. The SMILES string of the molecule is Cc1nc(-c2ccc(CC(C)C)cc2)sc1C(=O)C[C@@H](CCN)C(=O)N(C)[C@@H]1C(=O)C[C@@H](C)C(=O)N[C@H](C(=O)CCC#N)Cc2ccc(OCCN)c(c2)-c2cc1ccc2OCCN. The molecule has 0 radical (unpaired) electrons. The number of likely N-dealkylation sites (N-methyl/N-ethyl adjacent to an activating group) is 1. The molecule has 0 saturated carbocycles. The zero-order valence-corrected chi connectivity index (χ0v) is 38.3. The number of aryl methyl sites for hydroxylation is 1. The average molecular weight is 892 g/mol. The maximum absolute atomic E-state index is 14.8. The third kappa shape index (κ3) is 12.5. The third-order valence-electron chi connectivity index (χ3n) is 11.2. The number of hydrogen-bond acceptors (Lipinski definition) is 13. The van der Waals surface area contributed by atoms with E-state index < -0.39 is 41.5 Å². The van der Waals surface area contributed by atoms with E-state index in [1.54, 1.807) is 44.2 Å². The summed E-state index contributed by atoms with van der Waals surface area (Å²) in [6.07, 6.45) is 0.680. The van der Waals surface area contributed by atoms with Crippen LogP contribution < -0.4 is 32.0 Å². The monoisotopic (exact) mass is 891 g/mol. The van der Waals surface area contributed by atoms with Gasteiger partial charge >= 0.3 is 0 Å². The molecule has 4 atom stereocenters. The minimum Gasteiger partial charge on any atom is -0.492 e. The number of carbonyl (C=O) groups excluding carboxylic acids is 5. The van der Waals surface area contributed by atoms with Crippen LogP contribution in [0.2, 0.25) is 0 Å². The van der Waals surface area contributed by atoms with Gasteiger partial charge in [0, 0.05) is 74.3 Å². The smallest absolute Gasteiger partial charge is 0.226 e. The van der Waals surface area contributed by atoms with Crippen molar-refractivity contribution in [1.82, 2.24) is 15.2 Å². The molecule has 4 bridgehead atoms. The van der Waals surface area contributed by atoms with Gasteiger partial charge in [0.15, 0.2) is 17.3 Å². The first-order valence-corrected chi connectivity index (χ1v) is 22.7. The van der Waals surface area contributed by atoms with Crippen LogP contribution in [0, 0.1) is 36.0 Å². The summed E-state index contributed by atoms with van der Waals surface area (Å²) in [5.41, 5.74) is 22.7. The van der Waals surface area contributed by atoms with Gasteiger partial charge in [-0.3, -0.25) is 24.0 Å². The summed E-state index contributed by atoms with van der Waals surface area (Å²) >= 11 is 1.28. The van der Waals surface area contributed by atoms with Crippen LogP contribution in [0.1, 0.15) is 91.0 Å². The number of carbonyl (C=O) groups is 5. The summed E-state index contributed by atoms with van der Waals surface area (Å²) < 4.78 is 12.3. The first-order chi connectivity index (χ1) is 30.7. The van der Waals surface area contributed by atoms with Crippen LogP contribution in [0.4, 0.5) is 0 Å². The van der Waals surface area contributed by atoms with Crippen LogP contribution in [0.25, 0.3) is 21.7 Å². The molecule has 1 aromatic heterocycles. The fourth-order valence-corrected chi connectivity index (χ4v) is 9.01. The van der Waals surface area contributed by atoms with Crippen molar-refractivity contribution in [3.63, 3.8) is 0 Å². The summed E-state index contributed by atoms with van der Waals surface area (Å²) in [4.78, 5) is 77.3. The summed E-state index contributed by atoms with van der Waals surface area (Å²) in [7, 11) is 1.52. The van der Waals surface area contributed by atoms with Crippen molar-refractivity contribution in [3.05, 3.63) is 87.9 Å². The molecule has 15 heteroatoms. The first kappa shape index (κ1) is 49.2. The van der Waals surface area contributed by atoms with Crippen LogP contribution in [0.15, 0.2) is 60.7 Å². The number of fused-ring (bicyclic) bond motifs is 5. The summed E-state index contributed by atoms with van der Waals surface area (Å²) in [5.74, 6) is -2.43. The van der Waals surface area contributed by atoms with Gasteiger partial charge in [-0.05, 0) is 79.6 Å². The molecule has 0 aliphatic carbocycles. The maximum atomic E-state index is 14.8. The molecular formula is C49H61N7O7S. The highest BCUT2D eigenvalue weighted by molar-refractivity contribution is 7.17. The van der Waals surface area contributed by atoms with Crippen molar-refractivity contribution in [2.24, 2.45) is 35.0 Å². The number of nitrogens with two attached hydrogens (primary N) is 3. The van der Waals surface area contributed by atoms with E-state index in [0.717, 1.165) is 12.0 Å². The number of hydrogen-bond donors (Lipinski definition) is 4. The maximum Gasteiger partial charge on any atom is 0.226 e. The highest BCUT2D eigenvalue weighted by Gasteiger charge is 2.36. The molecule has 0 unspecified atom stereocenters. The molecular weight excluding hydrogens is 831 g/mol. The van der Waals surface area contributed by atoms with Crippen LogP contribution in [-0.2, 0) is 32.0 Å². The molecule has 5 rings (SSSR count). The lowest BCUT2D eigenvalue weighted by atomic mass is 9.88. The molecule has 3 aromatic carbocycles. The number of nitrogens with zero attached hydrogens (tertiary/aromatic N) is 3. The largest absolute Gasteiger partial charge is 0.492 e. The number of nitrogens with one attached hydrogen (secondary N) is 1. The molecule has 2 heterocycles. The lowest BCUT2D eigenvalue weighted by Crippen LogP contribution is -2.46. The van der Waals surface area contributed by atoms with Gasteiger partial charge in [-0.1, -0.05) is 57.2 Å². The van der Waals surface area contributed by atoms with E-state index in [1.807, 2.05) is 24.3 Å². The number of benzene rings is 3. The number of aromatic nitrogens is 1. The number of thiazole rings is 1. The van der Waals surface area contributed by atoms with Crippen LogP contribution in [-0.4, -0.2) is 85.0 Å². The number of ether oxygens (including phenoxy) is 2. The Labute approximate surface area is 379 Å². The number of ketones is 3. The van der Waals surface area contributed by atoms with E-state index in [1.165, 1.54) is 28.8 Å². The predicted molar refractivity (Wildman–Crippen MR) is 248 cm³/mol. The van der Waals surface area contributed by atoms with Crippen LogP contribution in [0.3, 0.4) is 0 Å². The Bertz CT molecular complexity index is 2340. The van der Waals surface area contributed by atoms with Gasteiger partial charge in [-0.15, -0.1) is 11.3 Å². The second-order valence-corrected chi connectivity index (χ2v) is 17.8. The lowest BCUT2D eigenvalue weighted by molar-refractivity contribution is -0.142. The predicted octanol–water partition coefficient (Wildman–Crippen LogP) is 5.91. The zero-order chi connectivity index (χ0) is 46.5. The van der Waals surface area contributed by atoms with Crippen molar-refractivity contribution in [2.75, 3.05) is 39.9 Å². The number of amides is 2. The molecule has 0 saturated heterocycles. The summed E-state index contributed by atoms with van der Waals surface area (Å²) in [6.45, 7) is 8.61. The highest BCUT2D eigenvalue weighted by atomic mass is 32.1. The second-order valence-electron chi connectivity index (χ2n) is 16.8. The van der Waals surface area contributed by atoms with Gasteiger partial charge < -0.3 is 36.9 Å². The summed E-state index contributed by atoms with van der Waals surface area (Å²) in [5, 5.41) is 12.8. The number of nitriles is 1. The molecule has 2 amide bonds. The fraction of sp³-hybridized carbons (Fsp3) is 0.449. The van der Waals surface area contributed by atoms with Gasteiger partial charge in [-0.2, -0.15) is 5.26 Å². The van der Waals surface area contributed by atoms with Gasteiger partial charge in [-0.25, -0.2) is 4.98 Å². The quantitative estimate of drug-likeness (QED) is 0.0806. The Morgan fingerprint density at radius 1 is 0.938 bits per heavy atom. The Morgan fingerprint density at radius 2 is 1.59 bits per heavy atom. The van der Waals surface area contributed by atoms with E-state index in [9.17, 15) is 29.2 Å². The molecule has 1 aliphatic heterocycles. The fourth-order valence-electron chi connectivity index (χ4n) is 7.99. The molecule has 340 valence electrons. The zero-order valence-electron chi connectivity index (χ0n) is 37.5. The first-order valence-electron chi connectivity index (χ1n) is 21.9. The van der Waals surface area contributed by atoms with Gasteiger partial charge in [0.25, 0.3) is 0 Å². The van der Waals surface area contributed by atoms with Crippen molar-refractivity contribution in [1.29, 1.82) is 5.26 Å². The molecule has 4 aromatic rings. The van der Waals surface area contributed by atoms with Crippen LogP contribution in [0.5, 0.6) is 11.5 Å². The molecule has 0 spiro atoms. The van der Waals surface area contributed by atoms with Crippen LogP contribution >= 0.6 is 11.3 Å². The second kappa shape index (κ2) is 23.2. The Hall–Kier alpha value is -5.79. The molecule has 7 N–H and O–H groups in total. The van der Waals surface area contributed by atoms with Crippen molar-refractivity contribution in [3.8, 4) is 39.3 Å². The Balaban J connectivity index is 1.56. The lowest BCUT2D eigenvalue weighted by Gasteiger charge is -2.32. The molecule has 64 heavy (non-hydrogen) atoms. The standard InChI is InChI=1S/C49H61N7O7S/c1-29(2)23-32-8-11-34(12-9-32)48-54-31(4)46(64-48)42(59)28-36(16-18-51)49(61)56(5)45-35-13-15-44(63-22-20-53)38(27-35)37-25-33(10-14-43(37)62-21-19-52)26-39(40(57)7-6-17-50)55-47(60)30(3)24-41(45)58/h8-15,25,27,29-30,36,39,45H,6-7,16,18-24,26,28,51-53H2,1-5H3,(H,55,60)/t30-,36-,39+,45+/m1/s1. The van der Waals surface area contributed by atoms with Gasteiger partial charge in [0.05, 0.1) is 22.7 Å². The summed E-state index contributed by atoms with van der Waals surface area (Å²) in [6, 6.07) is 18.5. The van der Waals surface area contributed by atoms with E-state index in [0.29, 0.717) is 55.2 Å². The van der Waals surface area contributed by atoms with Gasteiger partial charge in [0.1, 0.15) is 35.8 Å². The average Bonchev–Trinajstić information content (AvgIpc) is 3.67. The van der Waals surface area contributed by atoms with Gasteiger partial charge in [0.2, 0.25) is 11.8 Å². The topological polar surface area (TPSA) is 234 Å².